The van der Waals surface area contributed by atoms with Crippen molar-refractivity contribution < 1.29 is 4.39 Å². The standard InChI is InChI=1S/C10H13ClFN/c11-9(5-3-7-13)8-4-1-2-6-10(8)12/h1-2,4,6,9H,3,5,7,13H2. The van der Waals surface area contributed by atoms with E-state index in [9.17, 15) is 4.39 Å². The van der Waals surface area contributed by atoms with Crippen molar-refractivity contribution in [3.8, 4) is 0 Å². The van der Waals surface area contributed by atoms with Gasteiger partial charge in [0.1, 0.15) is 5.82 Å². The lowest BCUT2D eigenvalue weighted by molar-refractivity contribution is 0.596. The maximum absolute atomic E-state index is 13.2. The Morgan fingerprint density at radius 1 is 1.38 bits per heavy atom. The minimum atomic E-state index is -0.259. The molecular weight excluding hydrogens is 189 g/mol. The van der Waals surface area contributed by atoms with Gasteiger partial charge in [0.2, 0.25) is 0 Å². The van der Waals surface area contributed by atoms with E-state index in [1.165, 1.54) is 6.07 Å². The zero-order valence-corrected chi connectivity index (χ0v) is 8.10. The largest absolute Gasteiger partial charge is 0.330 e. The summed E-state index contributed by atoms with van der Waals surface area (Å²) in [5.74, 6) is -0.237. The van der Waals surface area contributed by atoms with Gasteiger partial charge in [-0.15, -0.1) is 11.6 Å². The lowest BCUT2D eigenvalue weighted by atomic mass is 10.1. The van der Waals surface area contributed by atoms with Crippen LogP contribution in [0.4, 0.5) is 4.39 Å². The molecule has 3 heteroatoms. The molecule has 1 unspecified atom stereocenters. The van der Waals surface area contributed by atoms with Gasteiger partial charge in [-0.3, -0.25) is 0 Å². The van der Waals surface area contributed by atoms with E-state index in [0.29, 0.717) is 12.1 Å². The number of alkyl halides is 1. The third-order valence-electron chi connectivity index (χ3n) is 1.90. The van der Waals surface area contributed by atoms with Crippen LogP contribution in [0.5, 0.6) is 0 Å². The monoisotopic (exact) mass is 201 g/mol. The highest BCUT2D eigenvalue weighted by molar-refractivity contribution is 6.20. The van der Waals surface area contributed by atoms with Crippen molar-refractivity contribution in [3.05, 3.63) is 35.6 Å². The van der Waals surface area contributed by atoms with Crippen LogP contribution in [0, 0.1) is 5.82 Å². The molecule has 0 saturated heterocycles. The molecule has 13 heavy (non-hydrogen) atoms. The Morgan fingerprint density at radius 2 is 2.08 bits per heavy atom. The lowest BCUT2D eigenvalue weighted by Crippen LogP contribution is -2.01. The number of benzene rings is 1. The smallest absolute Gasteiger partial charge is 0.127 e. The number of halogens is 2. The molecule has 0 aliphatic rings. The van der Waals surface area contributed by atoms with E-state index in [-0.39, 0.29) is 11.2 Å². The molecule has 0 amide bonds. The number of nitrogens with two attached hydrogens (primary N) is 1. The SMILES string of the molecule is NCCCC(Cl)c1ccccc1F. The summed E-state index contributed by atoms with van der Waals surface area (Å²) in [5.41, 5.74) is 5.91. The fourth-order valence-electron chi connectivity index (χ4n) is 1.18. The van der Waals surface area contributed by atoms with Crippen molar-refractivity contribution in [2.75, 3.05) is 6.54 Å². The molecule has 0 aliphatic heterocycles. The molecular formula is C10H13ClFN. The average Bonchev–Trinajstić information content (AvgIpc) is 2.15. The van der Waals surface area contributed by atoms with Crippen molar-refractivity contribution in [1.82, 2.24) is 0 Å². The summed E-state index contributed by atoms with van der Waals surface area (Å²) in [6.45, 7) is 0.595. The van der Waals surface area contributed by atoms with Gasteiger partial charge in [0.25, 0.3) is 0 Å². The number of rotatable bonds is 4. The molecule has 1 aromatic carbocycles. The topological polar surface area (TPSA) is 26.0 Å². The van der Waals surface area contributed by atoms with Crippen LogP contribution >= 0.6 is 11.6 Å². The van der Waals surface area contributed by atoms with Gasteiger partial charge in [-0.2, -0.15) is 0 Å². The molecule has 0 saturated carbocycles. The summed E-state index contributed by atoms with van der Waals surface area (Å²) >= 11 is 5.99. The van der Waals surface area contributed by atoms with E-state index < -0.39 is 0 Å². The van der Waals surface area contributed by atoms with Gasteiger partial charge in [-0.1, -0.05) is 18.2 Å². The fourth-order valence-corrected chi connectivity index (χ4v) is 1.51. The first kappa shape index (κ1) is 10.5. The summed E-state index contributed by atoms with van der Waals surface area (Å²) < 4.78 is 13.2. The van der Waals surface area contributed by atoms with Gasteiger partial charge >= 0.3 is 0 Å². The van der Waals surface area contributed by atoms with Crippen molar-refractivity contribution in [2.45, 2.75) is 18.2 Å². The van der Waals surface area contributed by atoms with Crippen LogP contribution in [0.25, 0.3) is 0 Å². The predicted octanol–water partition coefficient (Wildman–Crippen LogP) is 2.84. The van der Waals surface area contributed by atoms with Crippen molar-refractivity contribution in [1.29, 1.82) is 0 Å². The molecule has 0 radical (unpaired) electrons. The zero-order valence-electron chi connectivity index (χ0n) is 7.34. The Balaban J connectivity index is 2.65. The van der Waals surface area contributed by atoms with Crippen molar-refractivity contribution in [2.24, 2.45) is 5.73 Å². The summed E-state index contributed by atoms with van der Waals surface area (Å²) in [4.78, 5) is 0. The van der Waals surface area contributed by atoms with Crippen LogP contribution in [0.3, 0.4) is 0 Å². The lowest BCUT2D eigenvalue weighted by Gasteiger charge is -2.09. The maximum Gasteiger partial charge on any atom is 0.127 e. The van der Waals surface area contributed by atoms with E-state index in [2.05, 4.69) is 0 Å². The first-order chi connectivity index (χ1) is 6.25. The molecule has 1 rings (SSSR count). The first-order valence-electron chi connectivity index (χ1n) is 4.34. The molecule has 0 heterocycles. The minimum absolute atomic E-state index is 0.237. The highest BCUT2D eigenvalue weighted by Crippen LogP contribution is 2.27. The van der Waals surface area contributed by atoms with Gasteiger partial charge in [0, 0.05) is 5.56 Å². The molecule has 72 valence electrons. The second-order valence-electron chi connectivity index (χ2n) is 2.92. The number of hydrogen-bond donors (Lipinski definition) is 1. The zero-order chi connectivity index (χ0) is 9.68. The van der Waals surface area contributed by atoms with Crippen LogP contribution in [0.15, 0.2) is 24.3 Å². The predicted molar refractivity (Wildman–Crippen MR) is 53.3 cm³/mol. The molecule has 0 bridgehead atoms. The Labute approximate surface area is 82.7 Å². The van der Waals surface area contributed by atoms with E-state index in [4.69, 9.17) is 17.3 Å². The third kappa shape index (κ3) is 2.98. The second kappa shape index (κ2) is 5.20. The third-order valence-corrected chi connectivity index (χ3v) is 2.36. The van der Waals surface area contributed by atoms with Crippen LogP contribution in [-0.2, 0) is 0 Å². The summed E-state index contributed by atoms with van der Waals surface area (Å²) in [6, 6.07) is 6.58. The number of hydrogen-bond acceptors (Lipinski definition) is 1. The quantitative estimate of drug-likeness (QED) is 0.745. The molecule has 0 fully saturated rings. The minimum Gasteiger partial charge on any atom is -0.330 e. The Hall–Kier alpha value is -0.600. The van der Waals surface area contributed by atoms with Gasteiger partial charge in [0.05, 0.1) is 5.38 Å². The van der Waals surface area contributed by atoms with Crippen LogP contribution < -0.4 is 5.73 Å². The van der Waals surface area contributed by atoms with Crippen molar-refractivity contribution in [3.63, 3.8) is 0 Å². The van der Waals surface area contributed by atoms with Crippen molar-refractivity contribution >= 4 is 11.6 Å². The molecule has 0 spiro atoms. The molecule has 0 aliphatic carbocycles. The molecule has 2 N–H and O–H groups in total. The van der Waals surface area contributed by atoms with Crippen LogP contribution in [0.1, 0.15) is 23.8 Å². The van der Waals surface area contributed by atoms with Gasteiger partial charge in [-0.05, 0) is 25.5 Å². The van der Waals surface area contributed by atoms with Gasteiger partial charge in [-0.25, -0.2) is 4.39 Å². The summed E-state index contributed by atoms with van der Waals surface area (Å²) in [6.07, 6.45) is 1.54. The van der Waals surface area contributed by atoms with E-state index >= 15 is 0 Å². The molecule has 0 aromatic heterocycles. The highest BCUT2D eigenvalue weighted by atomic mass is 35.5. The van der Waals surface area contributed by atoms with E-state index in [1.54, 1.807) is 18.2 Å². The van der Waals surface area contributed by atoms with E-state index in [0.717, 1.165) is 12.8 Å². The fraction of sp³-hybridized carbons (Fsp3) is 0.400. The van der Waals surface area contributed by atoms with Crippen LogP contribution in [-0.4, -0.2) is 6.54 Å². The highest BCUT2D eigenvalue weighted by Gasteiger charge is 2.10. The van der Waals surface area contributed by atoms with Crippen LogP contribution in [0.2, 0.25) is 0 Å². The molecule has 1 aromatic rings. The average molecular weight is 202 g/mol. The van der Waals surface area contributed by atoms with E-state index in [1.807, 2.05) is 0 Å². The molecule has 1 nitrogen and oxygen atoms in total. The second-order valence-corrected chi connectivity index (χ2v) is 3.45. The normalized spacial score (nSPS) is 12.8. The summed E-state index contributed by atoms with van der Waals surface area (Å²) in [5, 5.41) is -0.259. The van der Waals surface area contributed by atoms with Gasteiger partial charge in [0.15, 0.2) is 0 Å². The maximum atomic E-state index is 13.2. The Kier molecular flexibility index (Phi) is 4.19. The molecule has 1 atom stereocenters. The first-order valence-corrected chi connectivity index (χ1v) is 4.78. The Morgan fingerprint density at radius 3 is 2.69 bits per heavy atom. The Bertz CT molecular complexity index is 265. The van der Waals surface area contributed by atoms with Gasteiger partial charge < -0.3 is 5.73 Å². The summed E-state index contributed by atoms with van der Waals surface area (Å²) in [7, 11) is 0.